The number of para-hydroxylation sites is 1. The van der Waals surface area contributed by atoms with Gasteiger partial charge in [0.15, 0.2) is 5.76 Å². The van der Waals surface area contributed by atoms with Crippen molar-refractivity contribution in [1.29, 1.82) is 0 Å². The minimum absolute atomic E-state index is 0.113. The predicted octanol–water partition coefficient (Wildman–Crippen LogP) is 3.75. The number of esters is 1. The number of carbonyl (C=O) groups is 3. The summed E-state index contributed by atoms with van der Waals surface area (Å²) >= 11 is 0. The largest absolute Gasteiger partial charge is 0.467 e. The van der Waals surface area contributed by atoms with E-state index in [1.54, 1.807) is 19.2 Å². The lowest BCUT2D eigenvalue weighted by atomic mass is 10.1. The zero-order valence-electron chi connectivity index (χ0n) is 18.1. The van der Waals surface area contributed by atoms with Crippen LogP contribution in [0.2, 0.25) is 0 Å². The molecule has 0 bridgehead atoms. The maximum Gasteiger partial charge on any atom is 0.409 e. The number of ether oxygens (including phenoxy) is 2. The van der Waals surface area contributed by atoms with E-state index in [9.17, 15) is 14.4 Å². The van der Waals surface area contributed by atoms with Crippen LogP contribution in [0.3, 0.4) is 0 Å². The Labute approximate surface area is 186 Å². The number of fused-ring (bicyclic) bond motifs is 1. The first-order valence-corrected chi connectivity index (χ1v) is 10.3. The van der Waals surface area contributed by atoms with Gasteiger partial charge in [0.2, 0.25) is 0 Å². The van der Waals surface area contributed by atoms with E-state index in [2.05, 4.69) is 5.32 Å². The zero-order valence-corrected chi connectivity index (χ0v) is 18.1. The lowest BCUT2D eigenvalue weighted by Crippen LogP contribution is -2.42. The number of hydrogen-bond donors (Lipinski definition) is 1. The van der Waals surface area contributed by atoms with E-state index >= 15 is 0 Å². The maximum atomic E-state index is 12.6. The van der Waals surface area contributed by atoms with Crippen molar-refractivity contribution >= 4 is 28.9 Å². The second-order valence-corrected chi connectivity index (χ2v) is 7.30. The van der Waals surface area contributed by atoms with Gasteiger partial charge in [-0.1, -0.05) is 48.5 Å². The fourth-order valence-electron chi connectivity index (χ4n) is 3.17. The van der Waals surface area contributed by atoms with Crippen LogP contribution < -0.4 is 5.32 Å². The standard InChI is InChI=1S/C24H26N2O6/c1-26(24(29)31-16-17-9-4-3-5-10-17)14-8-12-19(23(28)30-2)25-22(27)21-15-18-11-6-7-13-20(18)32-21/h3-7,9-11,13,15,19H,8,12,14,16H2,1-2H3,(H,25,27)/t19-/m0/s1. The van der Waals surface area contributed by atoms with Crippen LogP contribution in [0.25, 0.3) is 11.0 Å². The molecule has 3 rings (SSSR count). The monoisotopic (exact) mass is 438 g/mol. The minimum atomic E-state index is -0.866. The molecule has 0 aliphatic heterocycles. The second-order valence-electron chi connectivity index (χ2n) is 7.30. The number of nitrogens with one attached hydrogen (secondary N) is 1. The number of hydrogen-bond acceptors (Lipinski definition) is 6. The first kappa shape index (κ1) is 22.9. The Morgan fingerprint density at radius 3 is 2.50 bits per heavy atom. The Hall–Kier alpha value is -3.81. The highest BCUT2D eigenvalue weighted by Gasteiger charge is 2.24. The minimum Gasteiger partial charge on any atom is -0.467 e. The second kappa shape index (κ2) is 11.0. The Morgan fingerprint density at radius 2 is 1.78 bits per heavy atom. The molecule has 1 aromatic heterocycles. The average Bonchev–Trinajstić information content (AvgIpc) is 3.26. The molecule has 3 aromatic rings. The van der Waals surface area contributed by atoms with Gasteiger partial charge in [-0.15, -0.1) is 0 Å². The number of carbonyl (C=O) groups excluding carboxylic acids is 3. The van der Waals surface area contributed by atoms with Crippen molar-refractivity contribution in [2.75, 3.05) is 20.7 Å². The molecule has 1 atom stereocenters. The highest BCUT2D eigenvalue weighted by molar-refractivity contribution is 5.98. The molecule has 8 heteroatoms. The number of furan rings is 1. The summed E-state index contributed by atoms with van der Waals surface area (Å²) in [4.78, 5) is 38.3. The van der Waals surface area contributed by atoms with Gasteiger partial charge in [-0.3, -0.25) is 4.79 Å². The molecule has 0 fully saturated rings. The van der Waals surface area contributed by atoms with Crippen LogP contribution in [-0.2, 0) is 20.9 Å². The number of rotatable bonds is 9. The first-order chi connectivity index (χ1) is 15.5. The molecule has 0 spiro atoms. The molecule has 8 nitrogen and oxygen atoms in total. The summed E-state index contributed by atoms with van der Waals surface area (Å²) in [7, 11) is 2.88. The van der Waals surface area contributed by atoms with Crippen LogP contribution in [0.1, 0.15) is 29.0 Å². The number of amides is 2. The topological polar surface area (TPSA) is 98.1 Å². The molecule has 0 aliphatic carbocycles. The molecule has 32 heavy (non-hydrogen) atoms. The predicted molar refractivity (Wildman–Crippen MR) is 118 cm³/mol. The first-order valence-electron chi connectivity index (χ1n) is 10.3. The number of methoxy groups -OCH3 is 1. The zero-order chi connectivity index (χ0) is 22.9. The van der Waals surface area contributed by atoms with Crippen molar-refractivity contribution in [2.45, 2.75) is 25.5 Å². The van der Waals surface area contributed by atoms with Gasteiger partial charge in [-0.2, -0.15) is 0 Å². The third kappa shape index (κ3) is 6.10. The van der Waals surface area contributed by atoms with E-state index in [0.717, 1.165) is 10.9 Å². The van der Waals surface area contributed by atoms with Crippen LogP contribution in [0.15, 0.2) is 65.1 Å². The Balaban J connectivity index is 1.50. The molecular weight excluding hydrogens is 412 g/mol. The van der Waals surface area contributed by atoms with Gasteiger partial charge in [0.25, 0.3) is 5.91 Å². The summed E-state index contributed by atoms with van der Waals surface area (Å²) in [5, 5.41) is 3.45. The number of benzene rings is 2. The lowest BCUT2D eigenvalue weighted by molar-refractivity contribution is -0.143. The van der Waals surface area contributed by atoms with Crippen LogP contribution in [0.5, 0.6) is 0 Å². The van der Waals surface area contributed by atoms with Crippen LogP contribution in [0.4, 0.5) is 4.79 Å². The summed E-state index contributed by atoms with van der Waals surface area (Å²) < 4.78 is 15.6. The van der Waals surface area contributed by atoms with Gasteiger partial charge < -0.3 is 24.1 Å². The summed E-state index contributed by atoms with van der Waals surface area (Å²) in [6, 6.07) is 17.4. The summed E-state index contributed by atoms with van der Waals surface area (Å²) in [5.41, 5.74) is 1.48. The fourth-order valence-corrected chi connectivity index (χ4v) is 3.17. The van der Waals surface area contributed by atoms with Crippen molar-refractivity contribution in [3.8, 4) is 0 Å². The highest BCUT2D eigenvalue weighted by Crippen LogP contribution is 2.19. The molecule has 0 unspecified atom stereocenters. The van der Waals surface area contributed by atoms with E-state index < -0.39 is 24.0 Å². The molecule has 1 heterocycles. The van der Waals surface area contributed by atoms with Crippen molar-refractivity contribution in [1.82, 2.24) is 10.2 Å². The van der Waals surface area contributed by atoms with Gasteiger partial charge in [0.05, 0.1) is 7.11 Å². The summed E-state index contributed by atoms with van der Waals surface area (Å²) in [6.45, 7) is 0.532. The molecule has 0 aliphatic rings. The Kier molecular flexibility index (Phi) is 7.85. The SMILES string of the molecule is COC(=O)[C@H](CCCN(C)C(=O)OCc1ccccc1)NC(=O)c1cc2ccccc2o1. The van der Waals surface area contributed by atoms with Crippen LogP contribution in [-0.4, -0.2) is 49.6 Å². The third-order valence-corrected chi connectivity index (χ3v) is 4.94. The van der Waals surface area contributed by atoms with E-state index in [1.807, 2.05) is 48.5 Å². The molecule has 2 aromatic carbocycles. The average molecular weight is 438 g/mol. The van der Waals surface area contributed by atoms with Crippen LogP contribution in [0, 0.1) is 0 Å². The third-order valence-electron chi connectivity index (χ3n) is 4.94. The van der Waals surface area contributed by atoms with Gasteiger partial charge in [0.1, 0.15) is 18.2 Å². The van der Waals surface area contributed by atoms with E-state index in [-0.39, 0.29) is 18.8 Å². The molecule has 0 saturated heterocycles. The molecule has 0 radical (unpaired) electrons. The van der Waals surface area contributed by atoms with Crippen molar-refractivity contribution in [2.24, 2.45) is 0 Å². The normalized spacial score (nSPS) is 11.6. The van der Waals surface area contributed by atoms with E-state index in [0.29, 0.717) is 18.5 Å². The summed E-state index contributed by atoms with van der Waals surface area (Å²) in [5.74, 6) is -0.960. The molecule has 0 saturated carbocycles. The van der Waals surface area contributed by atoms with Crippen molar-refractivity contribution in [3.63, 3.8) is 0 Å². The Bertz CT molecular complexity index is 1030. The van der Waals surface area contributed by atoms with E-state index in [4.69, 9.17) is 13.9 Å². The van der Waals surface area contributed by atoms with E-state index in [1.165, 1.54) is 12.0 Å². The van der Waals surface area contributed by atoms with Crippen LogP contribution >= 0.6 is 0 Å². The van der Waals surface area contributed by atoms with Crippen molar-refractivity contribution in [3.05, 3.63) is 72.0 Å². The Morgan fingerprint density at radius 1 is 1.06 bits per heavy atom. The van der Waals surface area contributed by atoms with Gasteiger partial charge in [-0.25, -0.2) is 9.59 Å². The molecule has 2 amide bonds. The highest BCUT2D eigenvalue weighted by atomic mass is 16.6. The molecular formula is C24H26N2O6. The maximum absolute atomic E-state index is 12.6. The van der Waals surface area contributed by atoms with Gasteiger partial charge >= 0.3 is 12.1 Å². The lowest BCUT2D eigenvalue weighted by Gasteiger charge is -2.19. The summed E-state index contributed by atoms with van der Waals surface area (Å²) in [6.07, 6.45) is 0.279. The van der Waals surface area contributed by atoms with Gasteiger partial charge in [0, 0.05) is 19.0 Å². The molecule has 1 N–H and O–H groups in total. The fraction of sp³-hybridized carbons (Fsp3) is 0.292. The van der Waals surface area contributed by atoms with Crippen molar-refractivity contribution < 1.29 is 28.3 Å². The van der Waals surface area contributed by atoms with Gasteiger partial charge in [-0.05, 0) is 30.5 Å². The smallest absolute Gasteiger partial charge is 0.409 e. The molecule has 168 valence electrons. The quantitative estimate of drug-likeness (QED) is 0.511. The number of nitrogens with zero attached hydrogens (tertiary/aromatic N) is 1.